The van der Waals surface area contributed by atoms with Gasteiger partial charge in [-0.3, -0.25) is 9.89 Å². The van der Waals surface area contributed by atoms with Crippen LogP contribution in [0, 0.1) is 0 Å². The molecule has 154 valence electrons. The van der Waals surface area contributed by atoms with Gasteiger partial charge < -0.3 is 15.4 Å². The maximum absolute atomic E-state index is 5.86. The summed E-state index contributed by atoms with van der Waals surface area (Å²) in [6, 6.07) is 12.8. The topological polar surface area (TPSA) is 48.9 Å². The second kappa shape index (κ2) is 11.7. The predicted molar refractivity (Wildman–Crippen MR) is 129 cm³/mol. The lowest BCUT2D eigenvalue weighted by Crippen LogP contribution is -2.45. The number of ether oxygens (including phenoxy) is 1. The van der Waals surface area contributed by atoms with Gasteiger partial charge in [0.2, 0.25) is 0 Å². The van der Waals surface area contributed by atoms with Gasteiger partial charge in [-0.05, 0) is 36.4 Å². The van der Waals surface area contributed by atoms with E-state index in [-0.39, 0.29) is 24.0 Å². The average molecular weight is 514 g/mol. The van der Waals surface area contributed by atoms with Gasteiger partial charge in [0.05, 0.1) is 18.8 Å². The number of aliphatic imine (C=N–C) groups is 1. The van der Waals surface area contributed by atoms with Crippen molar-refractivity contribution in [3.8, 4) is 0 Å². The molecule has 0 bridgehead atoms. The zero-order chi connectivity index (χ0) is 19.1. The molecule has 3 rings (SSSR count). The van der Waals surface area contributed by atoms with E-state index in [9.17, 15) is 0 Å². The van der Waals surface area contributed by atoms with Crippen LogP contribution in [0.15, 0.2) is 46.8 Å². The van der Waals surface area contributed by atoms with Crippen molar-refractivity contribution in [3.63, 3.8) is 0 Å². The normalized spacial score (nSPS) is 20.5. The molecule has 5 nitrogen and oxygen atoms in total. The lowest BCUT2D eigenvalue weighted by atomic mass is 10.1. The maximum atomic E-state index is 5.86. The summed E-state index contributed by atoms with van der Waals surface area (Å²) in [5.41, 5.74) is 2.67. The summed E-state index contributed by atoms with van der Waals surface area (Å²) in [6.45, 7) is 8.78. The predicted octanol–water partition coefficient (Wildman–Crippen LogP) is 3.84. The van der Waals surface area contributed by atoms with Crippen LogP contribution in [-0.2, 0) is 24.4 Å². The van der Waals surface area contributed by atoms with Gasteiger partial charge in [0.1, 0.15) is 0 Å². The Morgan fingerprint density at radius 1 is 1.07 bits per heavy atom. The first kappa shape index (κ1) is 23.1. The van der Waals surface area contributed by atoms with E-state index in [4.69, 9.17) is 4.74 Å². The Hall–Kier alpha value is -1.16. The highest BCUT2D eigenvalue weighted by atomic mass is 127. The molecule has 0 saturated carbocycles. The molecule has 1 saturated heterocycles. The number of rotatable bonds is 6. The quantitative estimate of drug-likeness (QED) is 0.350. The van der Waals surface area contributed by atoms with Gasteiger partial charge in [-0.2, -0.15) is 0 Å². The van der Waals surface area contributed by atoms with Crippen LogP contribution < -0.4 is 10.6 Å². The van der Waals surface area contributed by atoms with Gasteiger partial charge in [-0.25, -0.2) is 0 Å². The molecule has 2 N–H and O–H groups in total. The van der Waals surface area contributed by atoms with E-state index in [2.05, 4.69) is 76.2 Å². The molecule has 2 heterocycles. The van der Waals surface area contributed by atoms with Crippen molar-refractivity contribution >= 4 is 41.3 Å². The van der Waals surface area contributed by atoms with Crippen molar-refractivity contribution in [2.45, 2.75) is 45.7 Å². The van der Waals surface area contributed by atoms with E-state index in [0.29, 0.717) is 12.2 Å². The molecule has 0 amide bonds. The first-order valence-corrected chi connectivity index (χ1v) is 10.4. The number of halogens is 1. The first-order valence-electron chi connectivity index (χ1n) is 9.55. The maximum Gasteiger partial charge on any atom is 0.191 e. The third-order valence-corrected chi connectivity index (χ3v) is 5.56. The summed E-state index contributed by atoms with van der Waals surface area (Å²) in [6.07, 6.45) is 0.582. The zero-order valence-corrected chi connectivity index (χ0v) is 20.0. The molecule has 7 heteroatoms. The number of hydrogen-bond acceptors (Lipinski definition) is 4. The Kier molecular flexibility index (Phi) is 9.70. The number of benzene rings is 1. The molecule has 1 aromatic carbocycles. The SMILES string of the molecule is CN=C(NCc1cccs1)NCc1ccccc1CN1CC(C)OC(C)C1.I. The Balaban J connectivity index is 0.00000280. The van der Waals surface area contributed by atoms with E-state index < -0.39 is 0 Å². The van der Waals surface area contributed by atoms with Crippen LogP contribution in [0.1, 0.15) is 29.9 Å². The van der Waals surface area contributed by atoms with E-state index in [1.165, 1.54) is 16.0 Å². The average Bonchev–Trinajstić information content (AvgIpc) is 3.16. The van der Waals surface area contributed by atoms with Crippen molar-refractivity contribution in [1.82, 2.24) is 15.5 Å². The molecule has 0 spiro atoms. The minimum Gasteiger partial charge on any atom is -0.373 e. The fraction of sp³-hybridized carbons (Fsp3) is 0.476. The van der Waals surface area contributed by atoms with E-state index in [1.54, 1.807) is 11.3 Å². The van der Waals surface area contributed by atoms with Crippen molar-refractivity contribution < 1.29 is 4.74 Å². The van der Waals surface area contributed by atoms with E-state index >= 15 is 0 Å². The van der Waals surface area contributed by atoms with Gasteiger partial charge in [-0.1, -0.05) is 30.3 Å². The standard InChI is InChI=1S/C21H30N4OS.HI/c1-16-13-25(14-17(2)26-16)15-19-8-5-4-7-18(19)11-23-21(22-3)24-12-20-9-6-10-27-20;/h4-10,16-17H,11-15H2,1-3H3,(H2,22,23,24);1H. The van der Waals surface area contributed by atoms with Gasteiger partial charge in [0, 0.05) is 38.1 Å². The van der Waals surface area contributed by atoms with Gasteiger partial charge in [-0.15, -0.1) is 35.3 Å². The molecular weight excluding hydrogens is 483 g/mol. The molecule has 0 radical (unpaired) electrons. The molecule has 1 fully saturated rings. The highest BCUT2D eigenvalue weighted by Crippen LogP contribution is 2.17. The highest BCUT2D eigenvalue weighted by molar-refractivity contribution is 14.0. The lowest BCUT2D eigenvalue weighted by molar-refractivity contribution is -0.0705. The molecule has 1 aliphatic rings. The number of hydrogen-bond donors (Lipinski definition) is 2. The minimum atomic E-state index is 0. The lowest BCUT2D eigenvalue weighted by Gasteiger charge is -2.35. The van der Waals surface area contributed by atoms with Crippen LogP contribution in [0.3, 0.4) is 0 Å². The molecule has 28 heavy (non-hydrogen) atoms. The Bertz CT molecular complexity index is 728. The monoisotopic (exact) mass is 514 g/mol. The molecule has 2 unspecified atom stereocenters. The Morgan fingerprint density at radius 3 is 2.39 bits per heavy atom. The van der Waals surface area contributed by atoms with Crippen LogP contribution in [0.5, 0.6) is 0 Å². The van der Waals surface area contributed by atoms with E-state index in [0.717, 1.165) is 38.7 Å². The Morgan fingerprint density at radius 2 is 1.75 bits per heavy atom. The number of guanidine groups is 1. The van der Waals surface area contributed by atoms with Gasteiger partial charge in [0.15, 0.2) is 5.96 Å². The highest BCUT2D eigenvalue weighted by Gasteiger charge is 2.22. The number of morpholine rings is 1. The van der Waals surface area contributed by atoms with Crippen molar-refractivity contribution in [2.24, 2.45) is 4.99 Å². The van der Waals surface area contributed by atoms with Crippen LogP contribution in [0.2, 0.25) is 0 Å². The Labute approximate surface area is 189 Å². The summed E-state index contributed by atoms with van der Waals surface area (Å²) in [5.74, 6) is 0.826. The second-order valence-corrected chi connectivity index (χ2v) is 8.11. The molecule has 2 atom stereocenters. The molecule has 2 aromatic rings. The molecule has 1 aromatic heterocycles. The summed E-state index contributed by atoms with van der Waals surface area (Å²) in [4.78, 5) is 8.13. The van der Waals surface area contributed by atoms with E-state index in [1.807, 2.05) is 7.05 Å². The van der Waals surface area contributed by atoms with Crippen LogP contribution in [-0.4, -0.2) is 43.2 Å². The summed E-state index contributed by atoms with van der Waals surface area (Å²) in [5, 5.41) is 8.91. The zero-order valence-electron chi connectivity index (χ0n) is 16.9. The summed E-state index contributed by atoms with van der Waals surface area (Å²) >= 11 is 1.75. The van der Waals surface area contributed by atoms with Gasteiger partial charge in [0.25, 0.3) is 0 Å². The summed E-state index contributed by atoms with van der Waals surface area (Å²) < 4.78 is 5.86. The fourth-order valence-electron chi connectivity index (χ4n) is 3.52. The van der Waals surface area contributed by atoms with Crippen molar-refractivity contribution in [1.29, 1.82) is 0 Å². The molecular formula is C21H31IN4OS. The van der Waals surface area contributed by atoms with Crippen LogP contribution >= 0.6 is 35.3 Å². The number of nitrogens with one attached hydrogen (secondary N) is 2. The fourth-order valence-corrected chi connectivity index (χ4v) is 4.17. The first-order chi connectivity index (χ1) is 13.1. The van der Waals surface area contributed by atoms with Crippen LogP contribution in [0.4, 0.5) is 0 Å². The minimum absolute atomic E-state index is 0. The van der Waals surface area contributed by atoms with Crippen molar-refractivity contribution in [2.75, 3.05) is 20.1 Å². The smallest absolute Gasteiger partial charge is 0.191 e. The third kappa shape index (κ3) is 7.02. The third-order valence-electron chi connectivity index (χ3n) is 4.69. The molecule has 0 aliphatic carbocycles. The van der Waals surface area contributed by atoms with Crippen LogP contribution in [0.25, 0.3) is 0 Å². The molecule has 1 aliphatic heterocycles. The second-order valence-electron chi connectivity index (χ2n) is 7.08. The number of thiophene rings is 1. The summed E-state index contributed by atoms with van der Waals surface area (Å²) in [7, 11) is 1.81. The van der Waals surface area contributed by atoms with Crippen molar-refractivity contribution in [3.05, 3.63) is 57.8 Å². The van der Waals surface area contributed by atoms with Gasteiger partial charge >= 0.3 is 0 Å². The largest absolute Gasteiger partial charge is 0.373 e. The number of nitrogens with zero attached hydrogens (tertiary/aromatic N) is 2.